The second-order valence-corrected chi connectivity index (χ2v) is 7.33. The predicted octanol–water partition coefficient (Wildman–Crippen LogP) is 6.15. The summed E-state index contributed by atoms with van der Waals surface area (Å²) >= 11 is 0. The number of para-hydroxylation sites is 2. The van der Waals surface area contributed by atoms with Crippen LogP contribution < -0.4 is 0 Å². The van der Waals surface area contributed by atoms with Crippen molar-refractivity contribution in [2.24, 2.45) is 0 Å². The van der Waals surface area contributed by atoms with Gasteiger partial charge in [0.2, 0.25) is 0 Å². The fraction of sp³-hybridized carbons (Fsp3) is 0.167. The van der Waals surface area contributed by atoms with Crippen molar-refractivity contribution in [3.63, 3.8) is 0 Å². The van der Waals surface area contributed by atoms with Crippen LogP contribution in [0.5, 0.6) is 0 Å². The Morgan fingerprint density at radius 2 is 1.78 bits per heavy atom. The van der Waals surface area contributed by atoms with Gasteiger partial charge in [-0.3, -0.25) is 9.38 Å². The number of aromatic nitrogens is 3. The summed E-state index contributed by atoms with van der Waals surface area (Å²) in [5.41, 5.74) is 8.20. The van der Waals surface area contributed by atoms with Crippen molar-refractivity contribution in [2.75, 3.05) is 0 Å². The molecule has 0 saturated heterocycles. The van der Waals surface area contributed by atoms with Crippen LogP contribution in [0.25, 0.3) is 44.1 Å². The SMILES string of the molecule is C1=C(c2cccc3c2c2ncccc2c2nc4ccccc4n32)CCCC1. The minimum absolute atomic E-state index is 0.988. The molecule has 0 bridgehead atoms. The molecule has 0 aliphatic heterocycles. The van der Waals surface area contributed by atoms with Crippen molar-refractivity contribution in [3.8, 4) is 0 Å². The Bertz CT molecular complexity index is 1370. The molecule has 3 heteroatoms. The van der Waals surface area contributed by atoms with Gasteiger partial charge in [0.15, 0.2) is 0 Å². The van der Waals surface area contributed by atoms with Crippen LogP contribution in [0, 0.1) is 0 Å². The van der Waals surface area contributed by atoms with Crippen LogP contribution in [0.15, 0.2) is 66.9 Å². The van der Waals surface area contributed by atoms with E-state index in [0.29, 0.717) is 0 Å². The Balaban J connectivity index is 1.90. The molecule has 0 spiro atoms. The lowest BCUT2D eigenvalue weighted by atomic mass is 9.90. The molecule has 5 aromatic rings. The highest BCUT2D eigenvalue weighted by molar-refractivity contribution is 6.15. The number of imidazole rings is 1. The van der Waals surface area contributed by atoms with Crippen molar-refractivity contribution in [2.45, 2.75) is 25.7 Å². The van der Waals surface area contributed by atoms with E-state index < -0.39 is 0 Å². The summed E-state index contributed by atoms with van der Waals surface area (Å²) in [7, 11) is 0. The molecule has 0 atom stereocenters. The van der Waals surface area contributed by atoms with Gasteiger partial charge in [-0.2, -0.15) is 0 Å². The lowest BCUT2D eigenvalue weighted by Crippen LogP contribution is -1.98. The Hall–Kier alpha value is -3.20. The van der Waals surface area contributed by atoms with Gasteiger partial charge in [-0.15, -0.1) is 0 Å². The van der Waals surface area contributed by atoms with Crippen LogP contribution in [0.2, 0.25) is 0 Å². The maximum absolute atomic E-state index is 4.94. The molecular formula is C24H19N3. The molecule has 1 aliphatic carbocycles. The van der Waals surface area contributed by atoms with Crippen LogP contribution in [-0.4, -0.2) is 14.4 Å². The van der Waals surface area contributed by atoms with E-state index in [2.05, 4.69) is 59.0 Å². The van der Waals surface area contributed by atoms with Crippen LogP contribution >= 0.6 is 0 Å². The van der Waals surface area contributed by atoms with E-state index in [1.165, 1.54) is 41.3 Å². The third-order valence-electron chi connectivity index (χ3n) is 5.77. The maximum Gasteiger partial charge on any atom is 0.147 e. The molecule has 130 valence electrons. The monoisotopic (exact) mass is 349 g/mol. The van der Waals surface area contributed by atoms with Gasteiger partial charge in [0.05, 0.1) is 22.1 Å². The number of allylic oxidation sites excluding steroid dienone is 2. The normalized spacial score (nSPS) is 15.0. The molecular weight excluding hydrogens is 330 g/mol. The van der Waals surface area contributed by atoms with Crippen LogP contribution in [0.3, 0.4) is 0 Å². The first-order valence-electron chi connectivity index (χ1n) is 9.68. The van der Waals surface area contributed by atoms with Gasteiger partial charge in [-0.25, -0.2) is 4.98 Å². The minimum atomic E-state index is 0.988. The molecule has 2 aromatic carbocycles. The second-order valence-electron chi connectivity index (χ2n) is 7.33. The number of hydrogen-bond donors (Lipinski definition) is 0. The maximum atomic E-state index is 4.94. The Kier molecular flexibility index (Phi) is 3.12. The third-order valence-corrected chi connectivity index (χ3v) is 5.77. The predicted molar refractivity (Wildman–Crippen MR) is 112 cm³/mol. The quantitative estimate of drug-likeness (QED) is 0.340. The highest BCUT2D eigenvalue weighted by Gasteiger charge is 2.18. The van der Waals surface area contributed by atoms with Gasteiger partial charge >= 0.3 is 0 Å². The fourth-order valence-electron chi connectivity index (χ4n) is 4.56. The van der Waals surface area contributed by atoms with Crippen molar-refractivity contribution in [1.82, 2.24) is 14.4 Å². The summed E-state index contributed by atoms with van der Waals surface area (Å²) in [6.45, 7) is 0. The van der Waals surface area contributed by atoms with Gasteiger partial charge in [-0.1, -0.05) is 30.3 Å². The molecule has 0 radical (unpaired) electrons. The number of benzene rings is 2. The molecule has 1 aliphatic rings. The molecule has 0 N–H and O–H groups in total. The van der Waals surface area contributed by atoms with Crippen LogP contribution in [-0.2, 0) is 0 Å². The lowest BCUT2D eigenvalue weighted by Gasteiger charge is -2.17. The van der Waals surface area contributed by atoms with Crippen molar-refractivity contribution in [3.05, 3.63) is 72.4 Å². The number of pyridine rings is 2. The number of nitrogens with zero attached hydrogens (tertiary/aromatic N) is 3. The first-order valence-corrected chi connectivity index (χ1v) is 9.68. The summed E-state index contributed by atoms with van der Waals surface area (Å²) in [5.74, 6) is 0. The van der Waals surface area contributed by atoms with Gasteiger partial charge in [0, 0.05) is 17.0 Å². The van der Waals surface area contributed by atoms with E-state index in [1.54, 1.807) is 0 Å². The van der Waals surface area contributed by atoms with E-state index in [0.717, 1.165) is 34.0 Å². The summed E-state index contributed by atoms with van der Waals surface area (Å²) < 4.78 is 2.31. The molecule has 6 rings (SSSR count). The molecule has 3 aromatic heterocycles. The standard InChI is InChI=1S/C24H19N3/c1-2-8-16(9-3-1)17-10-6-14-21-22(17)23-18(11-7-15-25-23)24-26-19-12-4-5-13-20(19)27(21)24/h4-8,10-15H,1-3,9H2. The van der Waals surface area contributed by atoms with Crippen molar-refractivity contribution in [1.29, 1.82) is 0 Å². The Morgan fingerprint density at radius 3 is 2.70 bits per heavy atom. The smallest absolute Gasteiger partial charge is 0.147 e. The molecule has 27 heavy (non-hydrogen) atoms. The number of fused-ring (bicyclic) bond motifs is 8. The van der Waals surface area contributed by atoms with E-state index >= 15 is 0 Å². The third kappa shape index (κ3) is 2.08. The first-order chi connectivity index (χ1) is 13.4. The molecule has 0 fully saturated rings. The Labute approximate surface area is 157 Å². The first kappa shape index (κ1) is 14.9. The fourth-order valence-corrected chi connectivity index (χ4v) is 4.56. The number of hydrogen-bond acceptors (Lipinski definition) is 2. The molecule has 3 heterocycles. The molecule has 3 nitrogen and oxygen atoms in total. The summed E-state index contributed by atoms with van der Waals surface area (Å²) in [4.78, 5) is 9.75. The topological polar surface area (TPSA) is 30.2 Å². The molecule has 0 amide bonds. The highest BCUT2D eigenvalue weighted by atomic mass is 15.0. The van der Waals surface area contributed by atoms with E-state index in [-0.39, 0.29) is 0 Å². The van der Waals surface area contributed by atoms with Crippen molar-refractivity contribution >= 4 is 44.1 Å². The highest BCUT2D eigenvalue weighted by Crippen LogP contribution is 2.37. The summed E-state index contributed by atoms with van der Waals surface area (Å²) in [5, 5.41) is 2.36. The second kappa shape index (κ2) is 5.65. The summed E-state index contributed by atoms with van der Waals surface area (Å²) in [6, 6.07) is 19.2. The lowest BCUT2D eigenvalue weighted by molar-refractivity contribution is 0.742. The number of rotatable bonds is 1. The van der Waals surface area contributed by atoms with E-state index in [4.69, 9.17) is 9.97 Å². The average molecular weight is 349 g/mol. The van der Waals surface area contributed by atoms with Gasteiger partial charge < -0.3 is 0 Å². The zero-order chi connectivity index (χ0) is 17.8. The molecule has 0 unspecified atom stereocenters. The van der Waals surface area contributed by atoms with E-state index in [1.807, 2.05) is 12.3 Å². The van der Waals surface area contributed by atoms with Gasteiger partial charge in [0.25, 0.3) is 0 Å². The Morgan fingerprint density at radius 1 is 0.852 bits per heavy atom. The van der Waals surface area contributed by atoms with Crippen LogP contribution in [0.1, 0.15) is 31.2 Å². The van der Waals surface area contributed by atoms with Crippen LogP contribution in [0.4, 0.5) is 0 Å². The van der Waals surface area contributed by atoms with E-state index in [9.17, 15) is 0 Å². The molecule has 0 saturated carbocycles. The zero-order valence-corrected chi connectivity index (χ0v) is 15.0. The largest absolute Gasteiger partial charge is 0.292 e. The summed E-state index contributed by atoms with van der Waals surface area (Å²) in [6.07, 6.45) is 9.20. The average Bonchev–Trinajstić information content (AvgIpc) is 3.14. The van der Waals surface area contributed by atoms with Gasteiger partial charge in [-0.05, 0) is 67.2 Å². The van der Waals surface area contributed by atoms with Gasteiger partial charge in [0.1, 0.15) is 5.65 Å². The van der Waals surface area contributed by atoms with Crippen molar-refractivity contribution < 1.29 is 0 Å². The minimum Gasteiger partial charge on any atom is -0.292 e. The zero-order valence-electron chi connectivity index (χ0n) is 15.0.